The highest BCUT2D eigenvalue weighted by Crippen LogP contribution is 2.01. The third-order valence-corrected chi connectivity index (χ3v) is 2.52. The van der Waals surface area contributed by atoms with Crippen molar-refractivity contribution in [3.05, 3.63) is 35.9 Å². The lowest BCUT2D eigenvalue weighted by molar-refractivity contribution is -0.139. The minimum Gasteiger partial charge on any atom is -0.480 e. The van der Waals surface area contributed by atoms with Crippen molar-refractivity contribution in [3.8, 4) is 0 Å². The van der Waals surface area contributed by atoms with Crippen LogP contribution in [0, 0.1) is 0 Å². The van der Waals surface area contributed by atoms with E-state index in [9.17, 15) is 9.59 Å². The first kappa shape index (κ1) is 16.3. The second-order valence-electron chi connectivity index (χ2n) is 4.19. The Morgan fingerprint density at radius 2 is 1.95 bits per heavy atom. The molecule has 0 fully saturated rings. The number of nitrogens with one attached hydrogen (secondary N) is 1. The summed E-state index contributed by atoms with van der Waals surface area (Å²) in [5, 5.41) is 11.2. The fraction of sp³-hybridized carbons (Fsp3) is 0.308. The summed E-state index contributed by atoms with van der Waals surface area (Å²) in [5.74, 6) is -1.32. The second-order valence-corrected chi connectivity index (χ2v) is 4.19. The molecule has 0 aliphatic carbocycles. The van der Waals surface area contributed by atoms with E-state index >= 15 is 0 Å². The number of amides is 1. The molecule has 0 aromatic heterocycles. The number of guanidine groups is 1. The van der Waals surface area contributed by atoms with Gasteiger partial charge in [-0.2, -0.15) is 0 Å². The van der Waals surface area contributed by atoms with Gasteiger partial charge < -0.3 is 26.6 Å². The number of carbonyl (C=O) groups is 2. The van der Waals surface area contributed by atoms with Crippen LogP contribution in [-0.2, 0) is 16.1 Å². The number of benzene rings is 1. The average molecular weight is 294 g/mol. The van der Waals surface area contributed by atoms with Crippen LogP contribution in [0.25, 0.3) is 0 Å². The summed E-state index contributed by atoms with van der Waals surface area (Å²) in [7, 11) is 0. The Morgan fingerprint density at radius 1 is 1.29 bits per heavy atom. The monoisotopic (exact) mass is 294 g/mol. The molecule has 0 unspecified atom stereocenters. The highest BCUT2D eigenvalue weighted by atomic mass is 16.5. The van der Waals surface area contributed by atoms with Crippen LogP contribution < -0.4 is 16.8 Å². The Morgan fingerprint density at radius 3 is 2.52 bits per heavy atom. The fourth-order valence-electron chi connectivity index (χ4n) is 1.49. The van der Waals surface area contributed by atoms with Crippen LogP contribution in [0.2, 0.25) is 0 Å². The molecule has 1 aromatic rings. The molecule has 0 aliphatic heterocycles. The number of nitrogens with two attached hydrogens (primary N) is 2. The van der Waals surface area contributed by atoms with Crippen LogP contribution in [0.3, 0.4) is 0 Å². The molecule has 0 saturated carbocycles. The van der Waals surface area contributed by atoms with Gasteiger partial charge in [0.15, 0.2) is 5.96 Å². The van der Waals surface area contributed by atoms with Crippen LogP contribution in [0.4, 0.5) is 4.79 Å². The van der Waals surface area contributed by atoms with E-state index in [1.54, 1.807) is 12.1 Å². The largest absolute Gasteiger partial charge is 0.480 e. The highest BCUT2D eigenvalue weighted by molar-refractivity contribution is 5.80. The van der Waals surface area contributed by atoms with E-state index in [1.165, 1.54) is 0 Å². The summed E-state index contributed by atoms with van der Waals surface area (Å²) in [6.45, 7) is 0.158. The van der Waals surface area contributed by atoms with Crippen molar-refractivity contribution < 1.29 is 19.4 Å². The zero-order chi connectivity index (χ0) is 15.7. The van der Waals surface area contributed by atoms with Crippen LogP contribution in [-0.4, -0.2) is 35.7 Å². The van der Waals surface area contributed by atoms with Gasteiger partial charge in [-0.3, -0.25) is 4.99 Å². The number of nitrogens with zero attached hydrogens (tertiary/aromatic N) is 1. The standard InChI is InChI=1S/C13H18N4O4/c14-12(15)16-7-6-10(11(18)19)17-13(20)21-8-9-4-2-1-3-5-9/h1-5,10H,6-8H2,(H,17,20)(H,18,19)(H4,14,15,16)/t10-/m1/s1. The quantitative estimate of drug-likeness (QED) is 0.413. The summed E-state index contributed by atoms with van der Waals surface area (Å²) < 4.78 is 4.94. The van der Waals surface area contributed by atoms with Crippen molar-refractivity contribution in [2.45, 2.75) is 19.1 Å². The molecule has 1 aromatic carbocycles. The second kappa shape index (κ2) is 8.41. The summed E-state index contributed by atoms with van der Waals surface area (Å²) in [5.41, 5.74) is 11.1. The van der Waals surface area contributed by atoms with Crippen LogP contribution in [0.1, 0.15) is 12.0 Å². The van der Waals surface area contributed by atoms with Crippen LogP contribution >= 0.6 is 0 Å². The van der Waals surface area contributed by atoms with Gasteiger partial charge in [-0.15, -0.1) is 0 Å². The fourth-order valence-corrected chi connectivity index (χ4v) is 1.49. The lowest BCUT2D eigenvalue weighted by Gasteiger charge is -2.13. The molecule has 114 valence electrons. The minimum absolute atomic E-state index is 0.0624. The summed E-state index contributed by atoms with van der Waals surface area (Å²) >= 11 is 0. The van der Waals surface area contributed by atoms with Crippen molar-refractivity contribution in [1.82, 2.24) is 5.32 Å². The van der Waals surface area contributed by atoms with Gasteiger partial charge in [0.2, 0.25) is 0 Å². The number of carboxylic acid groups (broad SMARTS) is 1. The Bertz CT molecular complexity index is 500. The van der Waals surface area contributed by atoms with Gasteiger partial charge in [0.25, 0.3) is 0 Å². The van der Waals surface area contributed by atoms with Crippen molar-refractivity contribution >= 4 is 18.0 Å². The molecule has 0 saturated heterocycles. The number of carbonyl (C=O) groups excluding carboxylic acids is 1. The predicted octanol–water partition coefficient (Wildman–Crippen LogP) is 0.0295. The van der Waals surface area contributed by atoms with E-state index in [2.05, 4.69) is 10.3 Å². The van der Waals surface area contributed by atoms with Gasteiger partial charge >= 0.3 is 12.1 Å². The number of carboxylic acids is 1. The van der Waals surface area contributed by atoms with E-state index in [0.29, 0.717) is 0 Å². The van der Waals surface area contributed by atoms with Crippen molar-refractivity contribution in [2.75, 3.05) is 6.54 Å². The van der Waals surface area contributed by atoms with E-state index in [-0.39, 0.29) is 25.5 Å². The maximum Gasteiger partial charge on any atom is 0.408 e. The molecule has 21 heavy (non-hydrogen) atoms. The minimum atomic E-state index is -1.18. The maximum atomic E-state index is 11.5. The molecule has 0 bridgehead atoms. The number of hydrogen-bond donors (Lipinski definition) is 4. The van der Waals surface area contributed by atoms with Gasteiger partial charge in [-0.25, -0.2) is 9.59 Å². The molecular weight excluding hydrogens is 276 g/mol. The van der Waals surface area contributed by atoms with Gasteiger partial charge in [0, 0.05) is 6.54 Å². The molecule has 0 heterocycles. The van der Waals surface area contributed by atoms with Crippen LogP contribution in [0.5, 0.6) is 0 Å². The Kier molecular flexibility index (Phi) is 6.52. The number of hydrogen-bond acceptors (Lipinski definition) is 4. The zero-order valence-electron chi connectivity index (χ0n) is 11.4. The van der Waals surface area contributed by atoms with Gasteiger partial charge in [-0.1, -0.05) is 30.3 Å². The number of aliphatic carboxylic acids is 1. The number of rotatable bonds is 7. The zero-order valence-corrected chi connectivity index (χ0v) is 11.4. The smallest absolute Gasteiger partial charge is 0.408 e. The average Bonchev–Trinajstić information content (AvgIpc) is 2.44. The molecule has 0 radical (unpaired) electrons. The summed E-state index contributed by atoms with van der Waals surface area (Å²) in [6, 6.07) is 7.93. The lowest BCUT2D eigenvalue weighted by Crippen LogP contribution is -2.41. The Hall–Kier alpha value is -2.77. The summed E-state index contributed by atoms with van der Waals surface area (Å²) in [4.78, 5) is 26.2. The number of ether oxygens (including phenoxy) is 1. The SMILES string of the molecule is NC(N)=NCC[C@@H](NC(=O)OCc1ccccc1)C(=O)O. The first-order chi connectivity index (χ1) is 9.99. The first-order valence-electron chi connectivity index (χ1n) is 6.24. The highest BCUT2D eigenvalue weighted by Gasteiger charge is 2.20. The summed E-state index contributed by atoms with van der Waals surface area (Å²) in [6.07, 6.45) is -0.746. The maximum absolute atomic E-state index is 11.5. The number of alkyl carbamates (subject to hydrolysis) is 1. The van der Waals surface area contributed by atoms with Gasteiger partial charge in [0.05, 0.1) is 0 Å². The van der Waals surface area contributed by atoms with Crippen LogP contribution in [0.15, 0.2) is 35.3 Å². The first-order valence-corrected chi connectivity index (χ1v) is 6.24. The molecule has 8 nitrogen and oxygen atoms in total. The Labute approximate surface area is 121 Å². The van der Waals surface area contributed by atoms with Crippen molar-refractivity contribution in [2.24, 2.45) is 16.5 Å². The van der Waals surface area contributed by atoms with Crippen molar-refractivity contribution in [1.29, 1.82) is 0 Å². The molecular formula is C13H18N4O4. The third kappa shape index (κ3) is 6.81. The molecule has 6 N–H and O–H groups in total. The Balaban J connectivity index is 2.41. The van der Waals surface area contributed by atoms with E-state index in [1.807, 2.05) is 18.2 Å². The lowest BCUT2D eigenvalue weighted by atomic mass is 10.2. The molecule has 8 heteroatoms. The number of aliphatic imine (C=N–C) groups is 1. The van der Waals surface area contributed by atoms with E-state index in [0.717, 1.165) is 5.56 Å². The van der Waals surface area contributed by atoms with E-state index < -0.39 is 18.1 Å². The third-order valence-electron chi connectivity index (χ3n) is 2.52. The predicted molar refractivity (Wildman–Crippen MR) is 76.5 cm³/mol. The van der Waals surface area contributed by atoms with E-state index in [4.69, 9.17) is 21.3 Å². The molecule has 1 amide bonds. The normalized spacial score (nSPS) is 11.2. The van der Waals surface area contributed by atoms with Crippen molar-refractivity contribution in [3.63, 3.8) is 0 Å². The van der Waals surface area contributed by atoms with Gasteiger partial charge in [0.1, 0.15) is 12.6 Å². The topological polar surface area (TPSA) is 140 Å². The molecule has 0 aliphatic rings. The molecule has 1 rings (SSSR count). The molecule has 0 spiro atoms. The molecule has 1 atom stereocenters. The van der Waals surface area contributed by atoms with Gasteiger partial charge in [-0.05, 0) is 12.0 Å².